The van der Waals surface area contributed by atoms with Crippen LogP contribution < -0.4 is 4.90 Å². The topological polar surface area (TPSA) is 96.9 Å². The van der Waals surface area contributed by atoms with E-state index in [0.29, 0.717) is 24.7 Å². The molecule has 0 amide bonds. The summed E-state index contributed by atoms with van der Waals surface area (Å²) in [4.78, 5) is 18.9. The average molecular weight is 463 g/mol. The molecule has 0 saturated heterocycles. The van der Waals surface area contributed by atoms with Gasteiger partial charge in [-0.25, -0.2) is 9.78 Å². The van der Waals surface area contributed by atoms with Crippen molar-refractivity contribution in [3.63, 3.8) is 0 Å². The van der Waals surface area contributed by atoms with Gasteiger partial charge in [-0.3, -0.25) is 0 Å². The molecule has 2 aromatic heterocycles. The Bertz CT molecular complexity index is 1170. The van der Waals surface area contributed by atoms with Crippen LogP contribution in [0.1, 0.15) is 42.7 Å². The van der Waals surface area contributed by atoms with Gasteiger partial charge in [0, 0.05) is 18.7 Å². The Morgan fingerprint density at radius 2 is 1.88 bits per heavy atom. The SMILES string of the molecule is CCCCN(Cc1ccc(-c2ccccc2-c2nn[nH]n2)cc1)c1scnc1C(=O)OCC. The van der Waals surface area contributed by atoms with E-state index in [4.69, 9.17) is 4.74 Å². The van der Waals surface area contributed by atoms with Gasteiger partial charge in [-0.15, -0.1) is 21.5 Å². The molecule has 33 heavy (non-hydrogen) atoms. The van der Waals surface area contributed by atoms with E-state index in [1.807, 2.05) is 18.2 Å². The number of thiazole rings is 1. The molecule has 4 aromatic rings. The monoisotopic (exact) mass is 462 g/mol. The number of H-pyrrole nitrogens is 1. The van der Waals surface area contributed by atoms with Gasteiger partial charge in [-0.2, -0.15) is 5.21 Å². The fourth-order valence-corrected chi connectivity index (χ4v) is 4.43. The van der Waals surface area contributed by atoms with Crippen molar-refractivity contribution in [2.24, 2.45) is 0 Å². The summed E-state index contributed by atoms with van der Waals surface area (Å²) in [5.41, 5.74) is 6.29. The van der Waals surface area contributed by atoms with E-state index in [9.17, 15) is 4.79 Å². The molecule has 0 aliphatic carbocycles. The van der Waals surface area contributed by atoms with Crippen LogP contribution in [0.3, 0.4) is 0 Å². The van der Waals surface area contributed by atoms with Crippen molar-refractivity contribution in [1.29, 1.82) is 0 Å². The number of rotatable bonds is 10. The molecule has 9 heteroatoms. The third kappa shape index (κ3) is 5.25. The molecule has 2 aromatic carbocycles. The van der Waals surface area contributed by atoms with Crippen molar-refractivity contribution < 1.29 is 9.53 Å². The van der Waals surface area contributed by atoms with E-state index in [2.05, 4.69) is 67.8 Å². The zero-order chi connectivity index (χ0) is 23.0. The Morgan fingerprint density at radius 1 is 1.09 bits per heavy atom. The highest BCUT2D eigenvalue weighted by Crippen LogP contribution is 2.31. The Labute approximate surface area is 196 Å². The maximum absolute atomic E-state index is 12.4. The second-order valence-corrected chi connectivity index (χ2v) is 8.31. The van der Waals surface area contributed by atoms with Crippen molar-refractivity contribution in [3.8, 4) is 22.5 Å². The van der Waals surface area contributed by atoms with Crippen molar-refractivity contribution in [1.82, 2.24) is 25.6 Å². The van der Waals surface area contributed by atoms with Crippen LogP contribution in [0.2, 0.25) is 0 Å². The number of hydrogen-bond acceptors (Lipinski definition) is 8. The fraction of sp³-hybridized carbons (Fsp3) is 0.292. The number of ether oxygens (including phenoxy) is 1. The van der Waals surface area contributed by atoms with Crippen LogP contribution in [0, 0.1) is 0 Å². The lowest BCUT2D eigenvalue weighted by atomic mass is 9.98. The molecule has 0 aliphatic heterocycles. The summed E-state index contributed by atoms with van der Waals surface area (Å²) in [6.45, 7) is 5.82. The number of tetrazole rings is 1. The summed E-state index contributed by atoms with van der Waals surface area (Å²) in [6, 6.07) is 16.4. The summed E-state index contributed by atoms with van der Waals surface area (Å²) in [7, 11) is 0. The molecule has 0 aliphatic rings. The summed E-state index contributed by atoms with van der Waals surface area (Å²) in [6.07, 6.45) is 2.09. The van der Waals surface area contributed by atoms with Crippen LogP contribution in [0.4, 0.5) is 5.00 Å². The minimum Gasteiger partial charge on any atom is -0.461 e. The molecule has 0 atom stereocenters. The minimum atomic E-state index is -0.372. The van der Waals surface area contributed by atoms with E-state index < -0.39 is 0 Å². The van der Waals surface area contributed by atoms with E-state index in [0.717, 1.165) is 46.6 Å². The van der Waals surface area contributed by atoms with Gasteiger partial charge in [-0.05, 0) is 35.2 Å². The Balaban J connectivity index is 1.58. The second-order valence-electron chi connectivity index (χ2n) is 7.48. The third-order valence-corrected chi connectivity index (χ3v) is 6.12. The molecule has 1 N–H and O–H groups in total. The Kier molecular flexibility index (Phi) is 7.41. The van der Waals surface area contributed by atoms with Crippen LogP contribution in [0.25, 0.3) is 22.5 Å². The first-order valence-corrected chi connectivity index (χ1v) is 11.9. The molecule has 8 nitrogen and oxygen atoms in total. The maximum Gasteiger partial charge on any atom is 0.360 e. The van der Waals surface area contributed by atoms with Gasteiger partial charge < -0.3 is 9.64 Å². The van der Waals surface area contributed by atoms with Crippen LogP contribution in [-0.2, 0) is 11.3 Å². The van der Waals surface area contributed by atoms with Gasteiger partial charge in [0.15, 0.2) is 5.69 Å². The lowest BCUT2D eigenvalue weighted by molar-refractivity contribution is 0.0521. The Hall–Kier alpha value is -3.59. The average Bonchev–Trinajstić information content (AvgIpc) is 3.55. The molecule has 170 valence electrons. The summed E-state index contributed by atoms with van der Waals surface area (Å²) in [5, 5.41) is 15.3. The van der Waals surface area contributed by atoms with Crippen LogP contribution in [-0.4, -0.2) is 44.7 Å². The number of benzene rings is 2. The van der Waals surface area contributed by atoms with Crippen molar-refractivity contribution >= 4 is 22.3 Å². The predicted octanol–water partition coefficient (Wildman–Crippen LogP) is 4.97. The highest BCUT2D eigenvalue weighted by Gasteiger charge is 2.21. The van der Waals surface area contributed by atoms with Gasteiger partial charge in [0.1, 0.15) is 5.00 Å². The number of unbranched alkanes of at least 4 members (excludes halogenated alkanes) is 1. The third-order valence-electron chi connectivity index (χ3n) is 5.24. The summed E-state index contributed by atoms with van der Waals surface area (Å²) < 4.78 is 5.20. The summed E-state index contributed by atoms with van der Waals surface area (Å²) in [5.74, 6) is 0.195. The number of hydrogen-bond donors (Lipinski definition) is 1. The standard InChI is InChI=1S/C24H26N6O2S/c1-3-5-14-30(23-21(25-16-33-23)24(31)32-4-2)15-17-10-12-18(13-11-17)19-8-6-7-9-20(19)22-26-28-29-27-22/h6-13,16H,3-5,14-15H2,1-2H3,(H,26,27,28,29). The molecular formula is C24H26N6O2S. The zero-order valence-corrected chi connectivity index (χ0v) is 19.5. The van der Waals surface area contributed by atoms with Gasteiger partial charge in [0.05, 0.1) is 12.1 Å². The second kappa shape index (κ2) is 10.8. The largest absolute Gasteiger partial charge is 0.461 e. The van der Waals surface area contributed by atoms with Gasteiger partial charge in [0.2, 0.25) is 5.82 Å². The number of carbonyl (C=O) groups is 1. The van der Waals surface area contributed by atoms with Crippen molar-refractivity contribution in [2.45, 2.75) is 33.2 Å². The number of anilines is 1. The van der Waals surface area contributed by atoms with Crippen LogP contribution in [0.5, 0.6) is 0 Å². The zero-order valence-electron chi connectivity index (χ0n) is 18.7. The van der Waals surface area contributed by atoms with Crippen LogP contribution in [0.15, 0.2) is 54.0 Å². The molecule has 0 unspecified atom stereocenters. The van der Waals surface area contributed by atoms with E-state index in [1.165, 1.54) is 11.3 Å². The van der Waals surface area contributed by atoms with Gasteiger partial charge >= 0.3 is 5.97 Å². The quantitative estimate of drug-likeness (QED) is 0.332. The lowest BCUT2D eigenvalue weighted by Crippen LogP contribution is -2.25. The number of aromatic amines is 1. The first kappa shape index (κ1) is 22.6. The molecule has 0 fully saturated rings. The molecule has 0 bridgehead atoms. The molecule has 0 saturated carbocycles. The van der Waals surface area contributed by atoms with E-state index in [-0.39, 0.29) is 5.97 Å². The highest BCUT2D eigenvalue weighted by molar-refractivity contribution is 7.14. The molecular weight excluding hydrogens is 436 g/mol. The smallest absolute Gasteiger partial charge is 0.360 e. The van der Waals surface area contributed by atoms with Crippen molar-refractivity contribution in [3.05, 3.63) is 65.3 Å². The normalized spacial score (nSPS) is 10.8. The molecule has 2 heterocycles. The highest BCUT2D eigenvalue weighted by atomic mass is 32.1. The van der Waals surface area contributed by atoms with E-state index in [1.54, 1.807) is 12.4 Å². The number of nitrogens with zero attached hydrogens (tertiary/aromatic N) is 5. The molecule has 0 spiro atoms. The minimum absolute atomic E-state index is 0.331. The fourth-order valence-electron chi connectivity index (χ4n) is 3.62. The van der Waals surface area contributed by atoms with Gasteiger partial charge in [0.25, 0.3) is 0 Å². The number of nitrogens with one attached hydrogen (secondary N) is 1. The predicted molar refractivity (Wildman–Crippen MR) is 129 cm³/mol. The first-order chi connectivity index (χ1) is 16.2. The number of carbonyl (C=O) groups excluding carboxylic acids is 1. The molecule has 4 rings (SSSR count). The maximum atomic E-state index is 12.4. The Morgan fingerprint density at radius 3 is 2.58 bits per heavy atom. The van der Waals surface area contributed by atoms with Crippen molar-refractivity contribution in [2.75, 3.05) is 18.1 Å². The summed E-state index contributed by atoms with van der Waals surface area (Å²) >= 11 is 1.47. The van der Waals surface area contributed by atoms with Gasteiger partial charge in [-0.1, -0.05) is 61.9 Å². The number of aromatic nitrogens is 5. The van der Waals surface area contributed by atoms with Crippen LogP contribution >= 0.6 is 11.3 Å². The lowest BCUT2D eigenvalue weighted by Gasteiger charge is -2.24. The molecule has 0 radical (unpaired) electrons. The first-order valence-electron chi connectivity index (χ1n) is 11.0. The number of esters is 1. The van der Waals surface area contributed by atoms with E-state index >= 15 is 0 Å².